The van der Waals surface area contributed by atoms with Crippen molar-refractivity contribution in [2.45, 2.75) is 58.0 Å². The summed E-state index contributed by atoms with van der Waals surface area (Å²) in [6.07, 6.45) is 4.54. The number of amides is 2. The Kier molecular flexibility index (Phi) is 8.05. The Morgan fingerprint density at radius 3 is 2.50 bits per heavy atom. The van der Waals surface area contributed by atoms with Crippen molar-refractivity contribution < 1.29 is 23.5 Å². The van der Waals surface area contributed by atoms with Gasteiger partial charge in [0.05, 0.1) is 12.7 Å². The number of nitrogens with one attached hydrogen (secondary N) is 2. The normalized spacial score (nSPS) is 12.5. The van der Waals surface area contributed by atoms with E-state index in [0.717, 1.165) is 18.2 Å². The van der Waals surface area contributed by atoms with Crippen molar-refractivity contribution in [1.29, 1.82) is 0 Å². The number of hydrogen-bond acceptors (Lipinski definition) is 4. The van der Waals surface area contributed by atoms with E-state index in [0.29, 0.717) is 25.1 Å². The molecule has 2 rings (SSSR count). The van der Waals surface area contributed by atoms with Gasteiger partial charge < -0.3 is 20.3 Å². The molecule has 0 spiro atoms. The van der Waals surface area contributed by atoms with Crippen LogP contribution in [0.5, 0.6) is 0 Å². The number of benzene rings is 1. The molecular weight excluding hydrogens is 394 g/mol. The number of carbonyl (C=O) groups excluding carboxylic acids is 2. The maximum Gasteiger partial charge on any atom is 0.248 e. The van der Waals surface area contributed by atoms with Gasteiger partial charge in [-0.05, 0) is 44.4 Å². The highest BCUT2D eigenvalue weighted by molar-refractivity contribution is 5.96. The third-order valence-electron chi connectivity index (χ3n) is 4.77. The molecule has 1 heterocycles. The lowest BCUT2D eigenvalue weighted by atomic mass is 10.0. The van der Waals surface area contributed by atoms with E-state index in [1.807, 2.05) is 20.8 Å². The van der Waals surface area contributed by atoms with Gasteiger partial charge >= 0.3 is 0 Å². The number of nitrogens with zero attached hydrogens (tertiary/aromatic N) is 2. The lowest BCUT2D eigenvalue weighted by molar-refractivity contribution is -0.126. The van der Waals surface area contributed by atoms with Crippen molar-refractivity contribution in [3.05, 3.63) is 47.9 Å². The summed E-state index contributed by atoms with van der Waals surface area (Å²) in [5.74, 6) is -2.14. The molecule has 0 saturated carbocycles. The predicted molar refractivity (Wildman–Crippen MR) is 109 cm³/mol. The van der Waals surface area contributed by atoms with Crippen LogP contribution >= 0.6 is 0 Å². The summed E-state index contributed by atoms with van der Waals surface area (Å²) in [4.78, 5) is 29.1. The van der Waals surface area contributed by atoms with Crippen LogP contribution in [0, 0.1) is 11.6 Å². The number of aliphatic hydroxyl groups excluding tert-OH is 1. The van der Waals surface area contributed by atoms with Crippen LogP contribution in [0.15, 0.2) is 30.7 Å². The maximum absolute atomic E-state index is 13.3. The van der Waals surface area contributed by atoms with Crippen molar-refractivity contribution in [1.82, 2.24) is 14.9 Å². The number of anilines is 1. The van der Waals surface area contributed by atoms with Crippen LogP contribution in [-0.4, -0.2) is 39.1 Å². The number of rotatable bonds is 10. The fraction of sp³-hybridized carbons (Fsp3) is 0.476. The Hall–Kier alpha value is -2.81. The van der Waals surface area contributed by atoms with Crippen LogP contribution < -0.4 is 10.6 Å². The molecule has 0 aliphatic heterocycles. The third-order valence-corrected chi connectivity index (χ3v) is 4.77. The SMILES string of the molecule is CCCC(NC(=O)Cc1cc(F)cc(F)c1)C(=O)Nc1cn(C(C)(C)CCO)cn1. The molecule has 7 nitrogen and oxygen atoms in total. The highest BCUT2D eigenvalue weighted by atomic mass is 19.1. The minimum absolute atomic E-state index is 0.0205. The minimum atomic E-state index is -0.809. The summed E-state index contributed by atoms with van der Waals surface area (Å²) in [5, 5.41) is 14.5. The predicted octanol–water partition coefficient (Wildman–Crippen LogP) is 2.74. The van der Waals surface area contributed by atoms with Gasteiger partial charge in [0, 0.05) is 24.4 Å². The lowest BCUT2D eigenvalue weighted by Gasteiger charge is -2.25. The number of aliphatic hydroxyl groups is 1. The Balaban J connectivity index is 2.02. The molecule has 0 fully saturated rings. The molecule has 2 amide bonds. The number of carbonyl (C=O) groups is 2. The average molecular weight is 422 g/mol. The standard InChI is InChI=1S/C21H28F2N4O3/c1-4-5-17(25-19(29)10-14-8-15(22)11-16(23)9-14)20(30)26-18-12-27(13-24-18)21(2,3)6-7-28/h8-9,11-13,17,28H,4-7,10H2,1-3H3,(H,25,29)(H,26,30). The van der Waals surface area contributed by atoms with Gasteiger partial charge in [0.2, 0.25) is 11.8 Å². The van der Waals surface area contributed by atoms with Gasteiger partial charge in [-0.3, -0.25) is 9.59 Å². The van der Waals surface area contributed by atoms with Gasteiger partial charge in [0.15, 0.2) is 5.82 Å². The summed E-state index contributed by atoms with van der Waals surface area (Å²) in [6.45, 7) is 5.77. The van der Waals surface area contributed by atoms with Gasteiger partial charge in [0.1, 0.15) is 17.7 Å². The maximum atomic E-state index is 13.3. The second-order valence-corrected chi connectivity index (χ2v) is 7.80. The highest BCUT2D eigenvalue weighted by Gasteiger charge is 2.23. The Labute approximate surface area is 174 Å². The van der Waals surface area contributed by atoms with Gasteiger partial charge in [-0.2, -0.15) is 0 Å². The van der Waals surface area contributed by atoms with E-state index < -0.39 is 29.5 Å². The molecule has 0 aliphatic rings. The highest BCUT2D eigenvalue weighted by Crippen LogP contribution is 2.21. The zero-order chi connectivity index (χ0) is 22.3. The van der Waals surface area contributed by atoms with Crippen molar-refractivity contribution in [2.24, 2.45) is 0 Å². The topological polar surface area (TPSA) is 96.2 Å². The molecule has 1 aromatic carbocycles. The third kappa shape index (κ3) is 6.62. The fourth-order valence-electron chi connectivity index (χ4n) is 3.04. The van der Waals surface area contributed by atoms with Crippen LogP contribution in [0.25, 0.3) is 0 Å². The van der Waals surface area contributed by atoms with Crippen molar-refractivity contribution in [2.75, 3.05) is 11.9 Å². The number of aromatic nitrogens is 2. The molecule has 30 heavy (non-hydrogen) atoms. The molecule has 0 saturated heterocycles. The van der Waals surface area contributed by atoms with Crippen LogP contribution in [-0.2, 0) is 21.5 Å². The first kappa shape index (κ1) is 23.5. The van der Waals surface area contributed by atoms with E-state index in [-0.39, 0.29) is 24.1 Å². The molecule has 0 bridgehead atoms. The van der Waals surface area contributed by atoms with E-state index in [4.69, 9.17) is 0 Å². The molecule has 0 aliphatic carbocycles. The lowest BCUT2D eigenvalue weighted by Crippen LogP contribution is -2.44. The number of halogens is 2. The Morgan fingerprint density at radius 2 is 1.90 bits per heavy atom. The second-order valence-electron chi connectivity index (χ2n) is 7.80. The van der Waals surface area contributed by atoms with Crippen LogP contribution in [0.1, 0.15) is 45.6 Å². The monoisotopic (exact) mass is 422 g/mol. The van der Waals surface area contributed by atoms with Gasteiger partial charge in [-0.1, -0.05) is 13.3 Å². The van der Waals surface area contributed by atoms with Crippen molar-refractivity contribution >= 4 is 17.6 Å². The molecule has 0 radical (unpaired) electrons. The first-order chi connectivity index (χ1) is 14.1. The minimum Gasteiger partial charge on any atom is -0.396 e. The smallest absolute Gasteiger partial charge is 0.248 e. The Morgan fingerprint density at radius 1 is 1.23 bits per heavy atom. The molecule has 1 atom stereocenters. The largest absolute Gasteiger partial charge is 0.396 e. The first-order valence-corrected chi connectivity index (χ1v) is 9.85. The number of imidazole rings is 1. The number of hydrogen-bond donors (Lipinski definition) is 3. The van der Waals surface area contributed by atoms with Crippen LogP contribution in [0.4, 0.5) is 14.6 Å². The molecule has 3 N–H and O–H groups in total. The van der Waals surface area contributed by atoms with Gasteiger partial charge in [0.25, 0.3) is 0 Å². The van der Waals surface area contributed by atoms with Gasteiger partial charge in [-0.25, -0.2) is 13.8 Å². The van der Waals surface area contributed by atoms with Crippen molar-refractivity contribution in [3.63, 3.8) is 0 Å². The van der Waals surface area contributed by atoms with Crippen LogP contribution in [0.3, 0.4) is 0 Å². The second kappa shape index (κ2) is 10.3. The zero-order valence-corrected chi connectivity index (χ0v) is 17.4. The average Bonchev–Trinajstić information content (AvgIpc) is 3.09. The molecule has 2 aromatic rings. The van der Waals surface area contributed by atoms with Crippen LogP contribution in [0.2, 0.25) is 0 Å². The summed E-state index contributed by atoms with van der Waals surface area (Å²) >= 11 is 0. The Bertz CT molecular complexity index is 863. The van der Waals surface area contributed by atoms with Crippen molar-refractivity contribution in [3.8, 4) is 0 Å². The summed E-state index contributed by atoms with van der Waals surface area (Å²) in [5.41, 5.74) is -0.187. The van der Waals surface area contributed by atoms with Gasteiger partial charge in [-0.15, -0.1) is 0 Å². The quantitative estimate of drug-likeness (QED) is 0.549. The summed E-state index contributed by atoms with van der Waals surface area (Å²) < 4.78 is 28.4. The zero-order valence-electron chi connectivity index (χ0n) is 17.4. The fourth-order valence-corrected chi connectivity index (χ4v) is 3.04. The van der Waals surface area contributed by atoms with E-state index >= 15 is 0 Å². The summed E-state index contributed by atoms with van der Waals surface area (Å²) in [6, 6.07) is 2.09. The molecule has 1 aromatic heterocycles. The molecule has 9 heteroatoms. The molecule has 1 unspecified atom stereocenters. The van der Waals surface area contributed by atoms with E-state index in [1.165, 1.54) is 0 Å². The van der Waals surface area contributed by atoms with E-state index in [9.17, 15) is 23.5 Å². The molecular formula is C21H28F2N4O3. The first-order valence-electron chi connectivity index (χ1n) is 9.85. The van der Waals surface area contributed by atoms with E-state index in [1.54, 1.807) is 17.1 Å². The molecule has 164 valence electrons. The summed E-state index contributed by atoms with van der Waals surface area (Å²) in [7, 11) is 0. The van der Waals surface area contributed by atoms with E-state index in [2.05, 4.69) is 15.6 Å².